The number of halogens is 1. The van der Waals surface area contributed by atoms with Gasteiger partial charge >= 0.3 is 0 Å². The Morgan fingerprint density at radius 1 is 1.03 bits per heavy atom. The van der Waals surface area contributed by atoms with E-state index < -0.39 is 0 Å². The van der Waals surface area contributed by atoms with Gasteiger partial charge < -0.3 is 15.0 Å². The van der Waals surface area contributed by atoms with Crippen LogP contribution in [-0.4, -0.2) is 43.1 Å². The molecule has 1 saturated carbocycles. The maximum absolute atomic E-state index is 13.9. The van der Waals surface area contributed by atoms with Crippen LogP contribution in [0.2, 0.25) is 0 Å². The maximum atomic E-state index is 13.9. The molecule has 1 aromatic carbocycles. The van der Waals surface area contributed by atoms with Gasteiger partial charge in [0.25, 0.3) is 0 Å². The van der Waals surface area contributed by atoms with Crippen molar-refractivity contribution in [2.75, 3.05) is 26.2 Å². The fraction of sp³-hybridized carbons (Fsp3) is 0.708. The normalized spacial score (nSPS) is 21.1. The van der Waals surface area contributed by atoms with Gasteiger partial charge in [0.05, 0.1) is 0 Å². The lowest BCUT2D eigenvalue weighted by Crippen LogP contribution is -2.40. The molecule has 0 unspecified atom stereocenters. The van der Waals surface area contributed by atoms with Crippen LogP contribution in [0.15, 0.2) is 12.1 Å². The number of fused-ring (bicyclic) bond motifs is 1. The van der Waals surface area contributed by atoms with Crippen LogP contribution in [0.3, 0.4) is 0 Å². The molecule has 0 atom stereocenters. The van der Waals surface area contributed by atoms with E-state index in [9.17, 15) is 9.18 Å². The second-order valence-electron chi connectivity index (χ2n) is 8.99. The molecule has 4 nitrogen and oxygen atoms in total. The Labute approximate surface area is 174 Å². The summed E-state index contributed by atoms with van der Waals surface area (Å²) in [5, 5.41) is 3.14. The highest BCUT2D eigenvalue weighted by Crippen LogP contribution is 2.34. The van der Waals surface area contributed by atoms with Gasteiger partial charge in [-0.1, -0.05) is 19.3 Å². The molecule has 0 aromatic heterocycles. The molecule has 1 aromatic rings. The second kappa shape index (κ2) is 9.92. The quantitative estimate of drug-likeness (QED) is 0.694. The van der Waals surface area contributed by atoms with Gasteiger partial charge in [-0.15, -0.1) is 0 Å². The summed E-state index contributed by atoms with van der Waals surface area (Å²) in [5.41, 5.74) is 1.97. The molecule has 3 aliphatic rings. The zero-order valence-electron chi connectivity index (χ0n) is 17.6. The minimum Gasteiger partial charge on any atom is -0.490 e. The maximum Gasteiger partial charge on any atom is 0.223 e. The largest absolute Gasteiger partial charge is 0.490 e. The number of nitrogens with one attached hydrogen (secondary N) is 1. The molecular weight excluding hydrogens is 367 g/mol. The first-order valence-electron chi connectivity index (χ1n) is 11.7. The SMILES string of the molecule is O=C(NCCCN1CCC(Oc2ccc(F)c3c2CCC3)CC1)C1CCCCC1. The van der Waals surface area contributed by atoms with Crippen molar-refractivity contribution in [1.82, 2.24) is 10.2 Å². The number of amides is 1. The van der Waals surface area contributed by atoms with Gasteiger partial charge in [0, 0.05) is 31.1 Å². The highest BCUT2D eigenvalue weighted by molar-refractivity contribution is 5.78. The van der Waals surface area contributed by atoms with E-state index >= 15 is 0 Å². The second-order valence-corrected chi connectivity index (χ2v) is 8.99. The molecule has 2 aliphatic carbocycles. The fourth-order valence-electron chi connectivity index (χ4n) is 5.19. The first-order valence-corrected chi connectivity index (χ1v) is 11.7. The number of ether oxygens (including phenoxy) is 1. The highest BCUT2D eigenvalue weighted by atomic mass is 19.1. The van der Waals surface area contributed by atoms with Crippen LogP contribution in [0.1, 0.15) is 68.9 Å². The molecule has 29 heavy (non-hydrogen) atoms. The molecule has 1 saturated heterocycles. The van der Waals surface area contributed by atoms with E-state index in [1.54, 1.807) is 6.07 Å². The van der Waals surface area contributed by atoms with E-state index in [1.807, 2.05) is 6.07 Å². The van der Waals surface area contributed by atoms with E-state index in [1.165, 1.54) is 19.3 Å². The highest BCUT2D eigenvalue weighted by Gasteiger charge is 2.25. The van der Waals surface area contributed by atoms with Crippen molar-refractivity contribution in [1.29, 1.82) is 0 Å². The summed E-state index contributed by atoms with van der Waals surface area (Å²) in [5.74, 6) is 1.35. The first-order chi connectivity index (χ1) is 14.2. The van der Waals surface area contributed by atoms with Crippen molar-refractivity contribution in [3.63, 3.8) is 0 Å². The summed E-state index contributed by atoms with van der Waals surface area (Å²) < 4.78 is 20.2. The van der Waals surface area contributed by atoms with Gasteiger partial charge in [-0.25, -0.2) is 4.39 Å². The van der Waals surface area contributed by atoms with Crippen molar-refractivity contribution < 1.29 is 13.9 Å². The third kappa shape index (κ3) is 5.30. The monoisotopic (exact) mass is 402 g/mol. The number of piperidine rings is 1. The zero-order valence-corrected chi connectivity index (χ0v) is 17.6. The molecule has 2 fully saturated rings. The molecule has 4 rings (SSSR count). The summed E-state index contributed by atoms with van der Waals surface area (Å²) >= 11 is 0. The first kappa shape index (κ1) is 20.6. The van der Waals surface area contributed by atoms with Gasteiger partial charge in [0.1, 0.15) is 17.7 Å². The summed E-state index contributed by atoms with van der Waals surface area (Å²) in [6, 6.07) is 3.39. The van der Waals surface area contributed by atoms with Gasteiger partial charge in [-0.3, -0.25) is 4.79 Å². The Bertz CT molecular complexity index is 694. The number of benzene rings is 1. The standard InChI is InChI=1S/C24H35FN2O2/c25-22-10-11-23(21-9-4-8-20(21)22)29-19-12-16-27(17-13-19)15-5-14-26-24(28)18-6-2-1-3-7-18/h10-11,18-19H,1-9,12-17H2,(H,26,28). The van der Waals surface area contributed by atoms with Crippen LogP contribution >= 0.6 is 0 Å². The van der Waals surface area contributed by atoms with Crippen molar-refractivity contribution in [2.45, 2.75) is 76.7 Å². The fourth-order valence-corrected chi connectivity index (χ4v) is 5.19. The van der Waals surface area contributed by atoms with Crippen LogP contribution in [-0.2, 0) is 17.6 Å². The van der Waals surface area contributed by atoms with E-state index in [4.69, 9.17) is 4.74 Å². The van der Waals surface area contributed by atoms with Crippen molar-refractivity contribution in [2.24, 2.45) is 5.92 Å². The van der Waals surface area contributed by atoms with Gasteiger partial charge in [0.2, 0.25) is 5.91 Å². The number of carbonyl (C=O) groups is 1. The molecule has 0 bridgehead atoms. The summed E-state index contributed by atoms with van der Waals surface area (Å²) in [6.45, 7) is 3.88. The smallest absolute Gasteiger partial charge is 0.223 e. The number of nitrogens with zero attached hydrogens (tertiary/aromatic N) is 1. The Morgan fingerprint density at radius 2 is 1.79 bits per heavy atom. The number of likely N-dealkylation sites (tertiary alicyclic amines) is 1. The Hall–Kier alpha value is -1.62. The van der Waals surface area contributed by atoms with Crippen LogP contribution in [0.4, 0.5) is 4.39 Å². The molecule has 1 heterocycles. The van der Waals surface area contributed by atoms with Crippen molar-refractivity contribution >= 4 is 5.91 Å². The third-order valence-electron chi connectivity index (χ3n) is 6.94. The molecule has 1 N–H and O–H groups in total. The summed E-state index contributed by atoms with van der Waals surface area (Å²) in [7, 11) is 0. The van der Waals surface area contributed by atoms with Crippen molar-refractivity contribution in [3.8, 4) is 5.75 Å². The predicted octanol–water partition coefficient (Wildman–Crippen LogP) is 4.24. The van der Waals surface area contributed by atoms with E-state index in [-0.39, 0.29) is 23.7 Å². The zero-order chi connectivity index (χ0) is 20.1. The average Bonchev–Trinajstić information content (AvgIpc) is 3.26. The summed E-state index contributed by atoms with van der Waals surface area (Å²) in [6.07, 6.45) is 11.9. The van der Waals surface area contributed by atoms with Gasteiger partial charge in [0.15, 0.2) is 0 Å². The van der Waals surface area contributed by atoms with Gasteiger partial charge in [-0.2, -0.15) is 0 Å². The topological polar surface area (TPSA) is 41.6 Å². The van der Waals surface area contributed by atoms with Crippen LogP contribution < -0.4 is 10.1 Å². The van der Waals surface area contributed by atoms with E-state index in [0.29, 0.717) is 0 Å². The molecule has 1 amide bonds. The van der Waals surface area contributed by atoms with E-state index in [0.717, 1.165) is 94.4 Å². The van der Waals surface area contributed by atoms with Gasteiger partial charge in [-0.05, 0) is 75.6 Å². The van der Waals surface area contributed by atoms with Crippen LogP contribution in [0.25, 0.3) is 0 Å². The molecular formula is C24H35FN2O2. The molecule has 160 valence electrons. The third-order valence-corrected chi connectivity index (χ3v) is 6.94. The Kier molecular flexibility index (Phi) is 7.06. The van der Waals surface area contributed by atoms with Crippen LogP contribution in [0.5, 0.6) is 5.75 Å². The molecule has 5 heteroatoms. The molecule has 1 aliphatic heterocycles. The number of hydrogen-bond donors (Lipinski definition) is 1. The number of hydrogen-bond acceptors (Lipinski definition) is 3. The number of rotatable bonds is 7. The van der Waals surface area contributed by atoms with E-state index in [2.05, 4.69) is 10.2 Å². The Balaban J connectivity index is 1.14. The molecule has 0 spiro atoms. The minimum absolute atomic E-state index is 0.0738. The number of carbonyl (C=O) groups excluding carboxylic acids is 1. The summed E-state index contributed by atoms with van der Waals surface area (Å²) in [4.78, 5) is 14.7. The predicted molar refractivity (Wildman–Crippen MR) is 113 cm³/mol. The minimum atomic E-state index is -0.0738. The Morgan fingerprint density at radius 3 is 2.59 bits per heavy atom. The molecule has 0 radical (unpaired) electrons. The van der Waals surface area contributed by atoms with Crippen LogP contribution in [0, 0.1) is 11.7 Å². The lowest BCUT2D eigenvalue weighted by atomic mass is 9.89. The lowest BCUT2D eigenvalue weighted by Gasteiger charge is -2.32. The average molecular weight is 403 g/mol. The van der Waals surface area contributed by atoms with Crippen molar-refractivity contribution in [3.05, 3.63) is 29.1 Å². The lowest BCUT2D eigenvalue weighted by molar-refractivity contribution is -0.125.